The largest absolute Gasteiger partial charge is 0.357 e. The molecular weight excluding hydrogens is 554 g/mol. The van der Waals surface area contributed by atoms with Crippen molar-refractivity contribution in [3.05, 3.63) is 108 Å². The maximum Gasteiger partial charge on any atom is 0.265 e. The van der Waals surface area contributed by atoms with E-state index in [1.165, 1.54) is 12.4 Å². The van der Waals surface area contributed by atoms with Crippen LogP contribution in [0.15, 0.2) is 84.3 Å². The third-order valence-electron chi connectivity index (χ3n) is 5.49. The van der Waals surface area contributed by atoms with Crippen LogP contribution in [0.4, 0.5) is 28.4 Å². The van der Waals surface area contributed by atoms with Crippen molar-refractivity contribution in [1.82, 2.24) is 15.0 Å². The van der Waals surface area contributed by atoms with Gasteiger partial charge in [-0.2, -0.15) is 0 Å². The molecule has 7 nitrogen and oxygen atoms in total. The summed E-state index contributed by atoms with van der Waals surface area (Å²) in [7, 11) is -4.77. The molecule has 0 aliphatic carbocycles. The van der Waals surface area contributed by atoms with Gasteiger partial charge < -0.3 is 5.32 Å². The lowest BCUT2D eigenvalue weighted by atomic mass is 10.1. The lowest BCUT2D eigenvalue weighted by Gasteiger charge is -2.13. The molecule has 0 aliphatic heterocycles. The molecule has 5 rings (SSSR count). The number of pyridine rings is 2. The molecule has 5 aromatic rings. The minimum atomic E-state index is -4.77. The van der Waals surface area contributed by atoms with Crippen LogP contribution in [-0.2, 0) is 16.6 Å². The van der Waals surface area contributed by atoms with Crippen LogP contribution in [0.5, 0.6) is 0 Å². The summed E-state index contributed by atoms with van der Waals surface area (Å²) in [6, 6.07) is 10.4. The number of benzene rings is 2. The summed E-state index contributed by atoms with van der Waals surface area (Å²) < 4.78 is 86.1. The zero-order valence-corrected chi connectivity index (χ0v) is 21.3. The number of thiazole rings is 1. The normalized spacial score (nSPS) is 11.4. The highest BCUT2D eigenvalue weighted by Crippen LogP contribution is 2.42. The fourth-order valence-electron chi connectivity index (χ4n) is 3.68. The molecule has 0 atom stereocenters. The van der Waals surface area contributed by atoms with Crippen molar-refractivity contribution in [1.29, 1.82) is 0 Å². The van der Waals surface area contributed by atoms with E-state index >= 15 is 8.78 Å². The van der Waals surface area contributed by atoms with Crippen LogP contribution in [0.25, 0.3) is 21.7 Å². The predicted molar refractivity (Wildman–Crippen MR) is 139 cm³/mol. The van der Waals surface area contributed by atoms with E-state index in [2.05, 4.69) is 20.3 Å². The molecule has 0 unspecified atom stereocenters. The molecule has 13 heteroatoms. The molecule has 0 saturated heterocycles. The van der Waals surface area contributed by atoms with Gasteiger partial charge in [0.05, 0.1) is 21.8 Å². The highest BCUT2D eigenvalue weighted by atomic mass is 32.2. The number of nitrogens with one attached hydrogen (secondary N) is 2. The van der Waals surface area contributed by atoms with Gasteiger partial charge in [0.15, 0.2) is 10.9 Å². The molecule has 198 valence electrons. The minimum absolute atomic E-state index is 0.0899. The average Bonchev–Trinajstić information content (AvgIpc) is 3.35. The maximum atomic E-state index is 15.8. The van der Waals surface area contributed by atoms with Gasteiger partial charge in [-0.25, -0.2) is 31.0 Å². The number of halogens is 4. The fraction of sp³-hybridized carbons (Fsp3) is 0.0385. The van der Waals surface area contributed by atoms with Crippen LogP contribution in [0.3, 0.4) is 0 Å². The first kappa shape index (κ1) is 26.3. The molecule has 0 radical (unpaired) electrons. The van der Waals surface area contributed by atoms with Crippen LogP contribution in [0.1, 0.15) is 5.56 Å². The van der Waals surface area contributed by atoms with Crippen LogP contribution in [0, 0.1) is 23.3 Å². The Balaban J connectivity index is 1.57. The minimum Gasteiger partial charge on any atom is -0.357 e. The Labute approximate surface area is 224 Å². The predicted octanol–water partition coefficient (Wildman–Crippen LogP) is 6.24. The summed E-state index contributed by atoms with van der Waals surface area (Å²) >= 11 is 1.13. The maximum absolute atomic E-state index is 15.8. The Hall–Kier alpha value is -4.36. The zero-order chi connectivity index (χ0) is 27.6. The summed E-state index contributed by atoms with van der Waals surface area (Å²) in [5.74, 6) is -4.54. The first-order valence-electron chi connectivity index (χ1n) is 11.2. The summed E-state index contributed by atoms with van der Waals surface area (Å²) in [6.07, 6.45) is 6.29. The standard InChI is InChI=1S/C26H17F4N5O2S2/c27-17-3-4-18(28)21(12-17)39(36,37)35-20-6-5-19(29)22(23(20)30)24-25(16-7-10-31-11-8-16)38-26(34-24)33-14-15-2-1-9-32-13-15/h1-13,35H,14H2,(H,33,34). The second-order valence-electron chi connectivity index (χ2n) is 8.11. The summed E-state index contributed by atoms with van der Waals surface area (Å²) in [5, 5.41) is 3.44. The highest BCUT2D eigenvalue weighted by Gasteiger charge is 2.27. The number of rotatable bonds is 8. The van der Waals surface area contributed by atoms with Crippen LogP contribution in [0.2, 0.25) is 0 Å². The van der Waals surface area contributed by atoms with Gasteiger partial charge in [-0.15, -0.1) is 0 Å². The molecule has 3 aromatic heterocycles. The average molecular weight is 572 g/mol. The van der Waals surface area contributed by atoms with Gasteiger partial charge in [0.25, 0.3) is 10.0 Å². The van der Waals surface area contributed by atoms with Crippen molar-refractivity contribution in [2.75, 3.05) is 10.0 Å². The molecule has 2 N–H and O–H groups in total. The lowest BCUT2D eigenvalue weighted by Crippen LogP contribution is -2.16. The topological polar surface area (TPSA) is 96.9 Å². The van der Waals surface area contributed by atoms with Crippen LogP contribution >= 0.6 is 11.3 Å². The summed E-state index contributed by atoms with van der Waals surface area (Å²) in [6.45, 7) is 0.334. The van der Waals surface area contributed by atoms with Crippen LogP contribution < -0.4 is 10.0 Å². The van der Waals surface area contributed by atoms with Gasteiger partial charge in [0.1, 0.15) is 22.3 Å². The monoisotopic (exact) mass is 571 g/mol. The lowest BCUT2D eigenvalue weighted by molar-refractivity contribution is 0.554. The van der Waals surface area contributed by atoms with Crippen LogP contribution in [-0.4, -0.2) is 23.4 Å². The second kappa shape index (κ2) is 10.8. The van der Waals surface area contributed by atoms with E-state index in [1.807, 2.05) is 10.8 Å². The molecular formula is C26H17F4N5O2S2. The van der Waals surface area contributed by atoms with Gasteiger partial charge in [0, 0.05) is 31.3 Å². The molecule has 3 heterocycles. The SMILES string of the molecule is O=S(=O)(Nc1ccc(F)c(-c2nc(NCc3cccnc3)sc2-c2ccncc2)c1F)c1cc(F)ccc1F. The first-order valence-corrected chi connectivity index (χ1v) is 13.5. The number of aromatic nitrogens is 3. The molecule has 0 amide bonds. The highest BCUT2D eigenvalue weighted by molar-refractivity contribution is 7.92. The van der Waals surface area contributed by atoms with Crippen molar-refractivity contribution in [3.63, 3.8) is 0 Å². The molecule has 0 aliphatic rings. The van der Waals surface area contributed by atoms with E-state index in [9.17, 15) is 17.2 Å². The number of hydrogen-bond acceptors (Lipinski definition) is 7. The molecule has 2 aromatic carbocycles. The van der Waals surface area contributed by atoms with Crippen molar-refractivity contribution < 1.29 is 26.0 Å². The van der Waals surface area contributed by atoms with Gasteiger partial charge >= 0.3 is 0 Å². The molecule has 39 heavy (non-hydrogen) atoms. The Bertz CT molecular complexity index is 1750. The summed E-state index contributed by atoms with van der Waals surface area (Å²) in [5.41, 5.74) is 0.0467. The van der Waals surface area contributed by atoms with E-state index in [0.717, 1.165) is 35.1 Å². The number of anilines is 2. The molecule has 0 saturated carbocycles. The summed E-state index contributed by atoms with van der Waals surface area (Å²) in [4.78, 5) is 11.8. The van der Waals surface area contributed by atoms with E-state index < -0.39 is 49.4 Å². The van der Waals surface area contributed by atoms with E-state index in [4.69, 9.17) is 0 Å². The first-order chi connectivity index (χ1) is 18.7. The second-order valence-corrected chi connectivity index (χ2v) is 10.8. The van der Waals surface area contributed by atoms with Crippen molar-refractivity contribution in [2.45, 2.75) is 11.4 Å². The van der Waals surface area contributed by atoms with Gasteiger partial charge in [0.2, 0.25) is 0 Å². The van der Waals surface area contributed by atoms with Crippen molar-refractivity contribution in [2.24, 2.45) is 0 Å². The smallest absolute Gasteiger partial charge is 0.265 e. The number of sulfonamides is 1. The Morgan fingerprint density at radius 3 is 2.38 bits per heavy atom. The van der Waals surface area contributed by atoms with Gasteiger partial charge in [-0.1, -0.05) is 17.4 Å². The number of hydrogen-bond donors (Lipinski definition) is 2. The molecule has 0 fully saturated rings. The Morgan fingerprint density at radius 2 is 1.64 bits per heavy atom. The molecule has 0 spiro atoms. The van der Waals surface area contributed by atoms with Crippen molar-refractivity contribution >= 4 is 32.2 Å². The van der Waals surface area contributed by atoms with Gasteiger partial charge in [-0.3, -0.25) is 14.7 Å². The Kier molecular flexibility index (Phi) is 7.26. The fourth-order valence-corrected chi connectivity index (χ4v) is 5.80. The van der Waals surface area contributed by atoms with E-state index in [-0.39, 0.29) is 5.69 Å². The van der Waals surface area contributed by atoms with E-state index in [0.29, 0.717) is 34.2 Å². The van der Waals surface area contributed by atoms with E-state index in [1.54, 1.807) is 30.6 Å². The van der Waals surface area contributed by atoms with Gasteiger partial charge in [-0.05, 0) is 59.7 Å². The number of nitrogens with zero attached hydrogens (tertiary/aromatic N) is 3. The third kappa shape index (κ3) is 5.59. The molecule has 0 bridgehead atoms. The zero-order valence-electron chi connectivity index (χ0n) is 19.7. The third-order valence-corrected chi connectivity index (χ3v) is 7.93. The van der Waals surface area contributed by atoms with Crippen molar-refractivity contribution in [3.8, 4) is 21.7 Å². The Morgan fingerprint density at radius 1 is 0.872 bits per heavy atom. The quantitative estimate of drug-likeness (QED) is 0.214.